The first-order valence-electron chi connectivity index (χ1n) is 5.93. The van der Waals surface area contributed by atoms with Crippen molar-refractivity contribution in [2.45, 2.75) is 6.92 Å². The molecule has 1 amide bonds. The van der Waals surface area contributed by atoms with E-state index in [1.165, 1.54) is 17.5 Å². The van der Waals surface area contributed by atoms with Gasteiger partial charge in [0.2, 0.25) is 0 Å². The highest BCUT2D eigenvalue weighted by molar-refractivity contribution is 7.14. The van der Waals surface area contributed by atoms with Crippen molar-refractivity contribution in [1.82, 2.24) is 15.0 Å². The van der Waals surface area contributed by atoms with Gasteiger partial charge in [0, 0.05) is 5.38 Å². The van der Waals surface area contributed by atoms with Crippen LogP contribution in [0.1, 0.15) is 16.3 Å². The van der Waals surface area contributed by atoms with Gasteiger partial charge < -0.3 is 4.42 Å². The number of amides is 1. The molecule has 0 saturated carbocycles. The first kappa shape index (κ1) is 13.7. The predicted octanol–water partition coefficient (Wildman–Crippen LogP) is 3.41. The number of hydrogen-bond donors (Lipinski definition) is 1. The highest BCUT2D eigenvalue weighted by Gasteiger charge is 2.15. The second-order valence-electron chi connectivity index (χ2n) is 4.08. The van der Waals surface area contributed by atoms with E-state index in [9.17, 15) is 4.79 Å². The first-order chi connectivity index (χ1) is 10.1. The maximum absolute atomic E-state index is 12.1. The normalized spacial score (nSPS) is 10.6. The highest BCUT2D eigenvalue weighted by atomic mass is 35.5. The molecule has 3 aromatic heterocycles. The van der Waals surface area contributed by atoms with E-state index in [1.54, 1.807) is 30.7 Å². The van der Waals surface area contributed by atoms with E-state index in [4.69, 9.17) is 16.0 Å². The Morgan fingerprint density at radius 2 is 2.29 bits per heavy atom. The average molecular weight is 321 g/mol. The molecule has 3 rings (SSSR count). The van der Waals surface area contributed by atoms with Crippen LogP contribution in [0.4, 0.5) is 5.13 Å². The summed E-state index contributed by atoms with van der Waals surface area (Å²) in [5.74, 6) is 0.688. The van der Waals surface area contributed by atoms with E-state index in [0.29, 0.717) is 22.4 Å². The summed E-state index contributed by atoms with van der Waals surface area (Å²) in [5, 5.41) is 5.09. The lowest BCUT2D eigenvalue weighted by Crippen LogP contribution is -2.15. The smallest absolute Gasteiger partial charge is 0.277 e. The number of aryl methyl sites for hydroxylation is 1. The Labute approximate surface area is 128 Å². The van der Waals surface area contributed by atoms with Gasteiger partial charge in [-0.1, -0.05) is 11.6 Å². The Morgan fingerprint density at radius 3 is 3.05 bits per heavy atom. The van der Waals surface area contributed by atoms with Gasteiger partial charge >= 0.3 is 0 Å². The van der Waals surface area contributed by atoms with Gasteiger partial charge in [0.15, 0.2) is 16.6 Å². The van der Waals surface area contributed by atoms with Crippen molar-refractivity contribution < 1.29 is 9.21 Å². The molecular formula is C13H9ClN4O2S. The largest absolute Gasteiger partial charge is 0.463 e. The van der Waals surface area contributed by atoms with Gasteiger partial charge in [0.1, 0.15) is 11.5 Å². The Kier molecular flexibility index (Phi) is 3.68. The van der Waals surface area contributed by atoms with Crippen LogP contribution in [0.2, 0.25) is 5.02 Å². The summed E-state index contributed by atoms with van der Waals surface area (Å²) in [6, 6.07) is 3.57. The van der Waals surface area contributed by atoms with Crippen LogP contribution in [0.15, 0.2) is 34.4 Å². The minimum absolute atomic E-state index is 0.124. The fourth-order valence-electron chi connectivity index (χ4n) is 1.64. The highest BCUT2D eigenvalue weighted by Crippen LogP contribution is 2.25. The number of anilines is 1. The van der Waals surface area contributed by atoms with Crippen molar-refractivity contribution >= 4 is 34.0 Å². The Balaban J connectivity index is 1.80. The predicted molar refractivity (Wildman–Crippen MR) is 79.5 cm³/mol. The zero-order chi connectivity index (χ0) is 14.8. The zero-order valence-corrected chi connectivity index (χ0v) is 12.4. The molecule has 0 fully saturated rings. The van der Waals surface area contributed by atoms with E-state index in [1.807, 2.05) is 0 Å². The number of carbonyl (C=O) groups is 1. The van der Waals surface area contributed by atoms with E-state index < -0.39 is 5.91 Å². The van der Waals surface area contributed by atoms with Crippen LogP contribution in [-0.2, 0) is 0 Å². The van der Waals surface area contributed by atoms with E-state index in [0.717, 1.165) is 0 Å². The topological polar surface area (TPSA) is 80.9 Å². The van der Waals surface area contributed by atoms with Gasteiger partial charge in [-0.05, 0) is 19.1 Å². The Bertz CT molecular complexity index is 785. The zero-order valence-electron chi connectivity index (χ0n) is 10.8. The molecule has 3 aromatic rings. The third kappa shape index (κ3) is 2.93. The fourth-order valence-corrected chi connectivity index (χ4v) is 2.51. The molecule has 0 atom stereocenters. The quantitative estimate of drug-likeness (QED) is 0.799. The first-order valence-corrected chi connectivity index (χ1v) is 7.19. The maximum Gasteiger partial charge on any atom is 0.277 e. The summed E-state index contributed by atoms with van der Waals surface area (Å²) in [4.78, 5) is 24.4. The SMILES string of the molecule is Cc1ncc(Cl)c(C(=O)Nc2nc(-c3ccco3)cs2)n1. The number of hydrogen-bond acceptors (Lipinski definition) is 6. The number of thiazole rings is 1. The number of rotatable bonds is 3. The molecule has 3 heterocycles. The minimum Gasteiger partial charge on any atom is -0.463 e. The number of nitrogens with zero attached hydrogens (tertiary/aromatic N) is 3. The molecule has 0 aliphatic rings. The summed E-state index contributed by atoms with van der Waals surface area (Å²) in [6.07, 6.45) is 2.96. The monoisotopic (exact) mass is 320 g/mol. The van der Waals surface area contributed by atoms with Crippen LogP contribution in [0.5, 0.6) is 0 Å². The molecule has 1 N–H and O–H groups in total. The van der Waals surface area contributed by atoms with Gasteiger partial charge in [0.25, 0.3) is 5.91 Å². The van der Waals surface area contributed by atoms with Crippen LogP contribution in [0.3, 0.4) is 0 Å². The summed E-state index contributed by atoms with van der Waals surface area (Å²) < 4.78 is 5.25. The molecule has 21 heavy (non-hydrogen) atoms. The van der Waals surface area contributed by atoms with Gasteiger partial charge in [-0.2, -0.15) is 0 Å². The van der Waals surface area contributed by atoms with Gasteiger partial charge in [-0.25, -0.2) is 15.0 Å². The van der Waals surface area contributed by atoms with Crippen molar-refractivity contribution in [2.24, 2.45) is 0 Å². The van der Waals surface area contributed by atoms with Gasteiger partial charge in [-0.3, -0.25) is 10.1 Å². The Morgan fingerprint density at radius 1 is 1.43 bits per heavy atom. The van der Waals surface area contributed by atoms with Gasteiger partial charge in [0.05, 0.1) is 17.5 Å². The fraction of sp³-hybridized carbons (Fsp3) is 0.0769. The van der Waals surface area contributed by atoms with Crippen LogP contribution in [-0.4, -0.2) is 20.9 Å². The standard InChI is InChI=1S/C13H9ClN4O2S/c1-7-15-5-8(14)11(16-7)12(19)18-13-17-9(6-21-13)10-3-2-4-20-10/h2-6H,1H3,(H,17,18,19). The van der Waals surface area contributed by atoms with E-state index in [-0.39, 0.29) is 10.7 Å². The van der Waals surface area contributed by atoms with Crippen molar-refractivity contribution in [1.29, 1.82) is 0 Å². The molecule has 6 nitrogen and oxygen atoms in total. The van der Waals surface area contributed by atoms with Gasteiger partial charge in [-0.15, -0.1) is 11.3 Å². The average Bonchev–Trinajstić information content (AvgIpc) is 3.11. The second-order valence-corrected chi connectivity index (χ2v) is 5.35. The summed E-state index contributed by atoms with van der Waals surface area (Å²) in [7, 11) is 0. The maximum atomic E-state index is 12.1. The van der Waals surface area contributed by atoms with Crippen LogP contribution in [0.25, 0.3) is 11.5 Å². The molecule has 106 valence electrons. The molecule has 0 spiro atoms. The van der Waals surface area contributed by atoms with E-state index >= 15 is 0 Å². The number of furan rings is 1. The number of carbonyl (C=O) groups excluding carboxylic acids is 1. The molecule has 0 aliphatic carbocycles. The van der Waals surface area contributed by atoms with Crippen LogP contribution in [0, 0.1) is 6.92 Å². The van der Waals surface area contributed by atoms with Crippen molar-refractivity contribution in [2.75, 3.05) is 5.32 Å². The number of aromatic nitrogens is 3. The third-order valence-corrected chi connectivity index (χ3v) is 3.61. The minimum atomic E-state index is -0.425. The van der Waals surface area contributed by atoms with Crippen molar-refractivity contribution in [3.8, 4) is 11.5 Å². The lowest BCUT2D eigenvalue weighted by atomic mass is 10.3. The lowest BCUT2D eigenvalue weighted by Gasteiger charge is -2.03. The molecule has 0 bridgehead atoms. The van der Waals surface area contributed by atoms with Crippen molar-refractivity contribution in [3.63, 3.8) is 0 Å². The summed E-state index contributed by atoms with van der Waals surface area (Å²) in [5.41, 5.74) is 0.782. The molecule has 0 aliphatic heterocycles. The molecule has 0 saturated heterocycles. The molecule has 0 radical (unpaired) electrons. The molecule has 0 unspecified atom stereocenters. The summed E-state index contributed by atoms with van der Waals surface area (Å²) >= 11 is 7.22. The number of halogens is 1. The van der Waals surface area contributed by atoms with Crippen molar-refractivity contribution in [3.05, 3.63) is 46.5 Å². The van der Waals surface area contributed by atoms with Crippen LogP contribution < -0.4 is 5.32 Å². The summed E-state index contributed by atoms with van der Waals surface area (Å²) in [6.45, 7) is 1.69. The second kappa shape index (κ2) is 5.63. The van der Waals surface area contributed by atoms with E-state index in [2.05, 4.69) is 20.3 Å². The molecular weight excluding hydrogens is 312 g/mol. The lowest BCUT2D eigenvalue weighted by molar-refractivity contribution is 0.102. The Hall–Kier alpha value is -2.25. The molecule has 0 aromatic carbocycles. The molecule has 8 heteroatoms. The van der Waals surface area contributed by atoms with Crippen LogP contribution >= 0.6 is 22.9 Å². The number of nitrogens with one attached hydrogen (secondary N) is 1. The third-order valence-electron chi connectivity index (χ3n) is 2.58.